The van der Waals surface area contributed by atoms with Crippen molar-refractivity contribution in [3.63, 3.8) is 0 Å². The Morgan fingerprint density at radius 1 is 0.962 bits per heavy atom. The van der Waals surface area contributed by atoms with Crippen LogP contribution in [0.1, 0.15) is 54.9 Å². The van der Waals surface area contributed by atoms with Gasteiger partial charge in [-0.05, 0) is 48.0 Å². The van der Waals surface area contributed by atoms with E-state index >= 15 is 0 Å². The van der Waals surface area contributed by atoms with Crippen molar-refractivity contribution in [1.29, 1.82) is 0 Å². The zero-order chi connectivity index (χ0) is 18.9. The molecule has 0 unspecified atom stereocenters. The van der Waals surface area contributed by atoms with Gasteiger partial charge < -0.3 is 46.5 Å². The van der Waals surface area contributed by atoms with Gasteiger partial charge in [0.2, 0.25) is 0 Å². The number of fused-ring (bicyclic) bond motifs is 3. The van der Waals surface area contributed by atoms with Gasteiger partial charge in [0.05, 0.1) is 30.8 Å². The summed E-state index contributed by atoms with van der Waals surface area (Å²) in [6.45, 7) is 21.7. The third kappa shape index (κ3) is 7.61. The van der Waals surface area contributed by atoms with E-state index < -0.39 is 20.3 Å². The molecule has 0 saturated carbocycles. The third-order valence-corrected chi connectivity index (χ3v) is 7.28. The highest BCUT2D eigenvalue weighted by atomic mass is 127. The summed E-state index contributed by atoms with van der Waals surface area (Å²) in [5.74, 6) is 0. The van der Waals surface area contributed by atoms with Crippen molar-refractivity contribution in [2.24, 2.45) is 0 Å². The maximum Gasteiger partial charge on any atom is 0.678 e. The minimum Gasteiger partial charge on any atom is -1.00 e. The van der Waals surface area contributed by atoms with E-state index in [1.807, 2.05) is 41.5 Å². The summed E-state index contributed by atoms with van der Waals surface area (Å²) >= 11 is 0. The van der Waals surface area contributed by atoms with E-state index in [9.17, 15) is 4.80 Å². The molecule has 3 saturated heterocycles. The fourth-order valence-electron chi connectivity index (χ4n) is 3.74. The summed E-state index contributed by atoms with van der Waals surface area (Å²) in [4.78, 5) is 13.7. The minimum atomic E-state index is -3.74. The van der Waals surface area contributed by atoms with Gasteiger partial charge in [-0.2, -0.15) is 0 Å². The fraction of sp³-hybridized carbons (Fsp3) is 1.00. The van der Waals surface area contributed by atoms with Gasteiger partial charge >= 0.3 is 9.05 Å². The van der Waals surface area contributed by atoms with Crippen molar-refractivity contribution >= 4 is 9.05 Å². The molecule has 0 spiro atoms. The third-order valence-electron chi connectivity index (χ3n) is 4.90. The Morgan fingerprint density at radius 3 is 1.73 bits per heavy atom. The predicted octanol–water partition coefficient (Wildman–Crippen LogP) is -1.01. The van der Waals surface area contributed by atoms with Crippen LogP contribution in [0.5, 0.6) is 0 Å². The molecule has 3 aliphatic heterocycles. The Balaban J connectivity index is 0.00000338. The molecule has 1 N–H and O–H groups in total. The summed E-state index contributed by atoms with van der Waals surface area (Å²) in [5, 5.41) is 0. The van der Waals surface area contributed by atoms with E-state index in [0.717, 1.165) is 17.4 Å². The fourth-order valence-corrected chi connectivity index (χ4v) is 6.09. The zero-order valence-electron chi connectivity index (χ0n) is 17.7. The van der Waals surface area contributed by atoms with Crippen LogP contribution < -0.4 is 24.0 Å². The van der Waals surface area contributed by atoms with Gasteiger partial charge in [-0.3, -0.25) is 4.90 Å². The van der Waals surface area contributed by atoms with Gasteiger partial charge in [-0.1, -0.05) is 6.92 Å². The first-order chi connectivity index (χ1) is 11.3. The van der Waals surface area contributed by atoms with Crippen LogP contribution in [0.25, 0.3) is 0 Å². The van der Waals surface area contributed by atoms with Crippen molar-refractivity contribution in [2.75, 3.05) is 45.8 Å². The SMILES string of the molecule is CC[C@H](C[N+]12CCN(CC1)CC2)O[Si](O)(OC(C)(C)C)OC(C)(C)C.[I-]. The van der Waals surface area contributed by atoms with E-state index in [0.29, 0.717) is 0 Å². The van der Waals surface area contributed by atoms with Gasteiger partial charge in [-0.25, -0.2) is 0 Å². The van der Waals surface area contributed by atoms with Crippen LogP contribution in [0.3, 0.4) is 0 Å². The molecule has 0 aromatic heterocycles. The molecule has 6 nitrogen and oxygen atoms in total. The Kier molecular flexibility index (Phi) is 8.59. The van der Waals surface area contributed by atoms with Gasteiger partial charge in [0, 0.05) is 19.6 Å². The van der Waals surface area contributed by atoms with Gasteiger partial charge in [-0.15, -0.1) is 0 Å². The molecule has 26 heavy (non-hydrogen) atoms. The van der Waals surface area contributed by atoms with E-state index in [1.54, 1.807) is 0 Å². The topological polar surface area (TPSA) is 51.2 Å². The zero-order valence-corrected chi connectivity index (χ0v) is 20.8. The second-order valence-electron chi connectivity index (χ2n) is 9.64. The van der Waals surface area contributed by atoms with Crippen molar-refractivity contribution in [1.82, 2.24) is 4.90 Å². The molecule has 0 radical (unpaired) electrons. The number of nitrogens with zero attached hydrogens (tertiary/aromatic N) is 2. The van der Waals surface area contributed by atoms with E-state index in [-0.39, 0.29) is 30.1 Å². The summed E-state index contributed by atoms with van der Waals surface area (Å²) in [6.07, 6.45) is 0.797. The minimum absolute atomic E-state index is 0. The first-order valence-corrected chi connectivity index (χ1v) is 11.4. The van der Waals surface area contributed by atoms with Crippen LogP contribution in [-0.4, -0.2) is 86.3 Å². The highest BCUT2D eigenvalue weighted by Gasteiger charge is 2.51. The number of rotatable bonds is 7. The second-order valence-corrected chi connectivity index (χ2v) is 11.3. The molecule has 3 rings (SSSR count). The first kappa shape index (κ1) is 24.7. The lowest BCUT2D eigenvalue weighted by Gasteiger charge is -2.51. The molecule has 3 heterocycles. The van der Waals surface area contributed by atoms with Crippen molar-refractivity contribution < 1.29 is 46.5 Å². The highest BCUT2D eigenvalue weighted by molar-refractivity contribution is 6.52. The molecule has 0 aromatic carbocycles. The molecule has 2 bridgehead atoms. The Labute approximate surface area is 178 Å². The molecule has 8 heteroatoms. The Bertz CT molecular complexity index is 416. The van der Waals surface area contributed by atoms with Crippen LogP contribution in [0, 0.1) is 0 Å². The van der Waals surface area contributed by atoms with E-state index in [1.165, 1.54) is 39.3 Å². The Hall–Kier alpha value is 0.707. The lowest BCUT2D eigenvalue weighted by atomic mass is 10.1. The molecule has 1 atom stereocenters. The molecule has 3 aliphatic rings. The average Bonchev–Trinajstić information content (AvgIpc) is 2.43. The summed E-state index contributed by atoms with van der Waals surface area (Å²) in [5.41, 5.74) is -1.04. The van der Waals surface area contributed by atoms with Crippen molar-refractivity contribution in [3.05, 3.63) is 0 Å². The number of quaternary nitrogens is 1. The van der Waals surface area contributed by atoms with Crippen molar-refractivity contribution in [3.8, 4) is 0 Å². The summed E-state index contributed by atoms with van der Waals surface area (Å²) in [6, 6.07) is 0. The smallest absolute Gasteiger partial charge is 0.678 e. The van der Waals surface area contributed by atoms with Crippen LogP contribution in [-0.2, 0) is 13.3 Å². The largest absolute Gasteiger partial charge is 1.00 e. The Morgan fingerprint density at radius 2 is 1.38 bits per heavy atom. The van der Waals surface area contributed by atoms with Crippen LogP contribution in [0.2, 0.25) is 0 Å². The number of hydrogen-bond acceptors (Lipinski definition) is 5. The molecule has 0 aromatic rings. The van der Waals surface area contributed by atoms with Gasteiger partial charge in [0.1, 0.15) is 12.6 Å². The standard InChI is InChI=1S/C18H39N2O4Si.HI/c1-8-16(15-20-12-9-19(10-13-20)11-14-20)22-25(21,23-17(2,3)4)24-18(5,6)7;/h16,21H,8-15H2,1-7H3;1H/q+1;/p-1/t16-;/m1./s1. The highest BCUT2D eigenvalue weighted by Crippen LogP contribution is 2.27. The number of piperazine rings is 3. The molecule has 3 fully saturated rings. The predicted molar refractivity (Wildman–Crippen MR) is 101 cm³/mol. The van der Waals surface area contributed by atoms with Crippen molar-refractivity contribution in [2.45, 2.75) is 72.2 Å². The molecular formula is C18H39IN2O4Si. The molecule has 156 valence electrons. The molecule has 0 aliphatic carbocycles. The van der Waals surface area contributed by atoms with Crippen LogP contribution in [0.15, 0.2) is 0 Å². The second kappa shape index (κ2) is 9.02. The average molecular weight is 503 g/mol. The first-order valence-electron chi connectivity index (χ1n) is 9.72. The van der Waals surface area contributed by atoms with Crippen LogP contribution in [0.4, 0.5) is 0 Å². The number of halogens is 1. The van der Waals surface area contributed by atoms with Gasteiger partial charge in [0.15, 0.2) is 0 Å². The summed E-state index contributed by atoms with van der Waals surface area (Å²) < 4.78 is 19.2. The van der Waals surface area contributed by atoms with E-state index in [2.05, 4.69) is 11.8 Å². The van der Waals surface area contributed by atoms with Crippen LogP contribution >= 0.6 is 0 Å². The summed E-state index contributed by atoms with van der Waals surface area (Å²) in [7, 11) is -3.74. The van der Waals surface area contributed by atoms with Gasteiger partial charge in [0.25, 0.3) is 0 Å². The number of hydrogen-bond donors (Lipinski definition) is 1. The normalized spacial score (nSPS) is 27.9. The molecular weight excluding hydrogens is 463 g/mol. The lowest BCUT2D eigenvalue weighted by Crippen LogP contribution is -3.00. The lowest BCUT2D eigenvalue weighted by molar-refractivity contribution is -0.943. The quantitative estimate of drug-likeness (QED) is 0.275. The molecule has 0 amide bonds. The monoisotopic (exact) mass is 502 g/mol. The maximum absolute atomic E-state index is 11.1. The maximum atomic E-state index is 11.1. The van der Waals surface area contributed by atoms with E-state index in [4.69, 9.17) is 13.3 Å².